The Kier molecular flexibility index (Phi) is 57.6. The van der Waals surface area contributed by atoms with Gasteiger partial charge in [-0.15, -0.1) is 0 Å². The van der Waals surface area contributed by atoms with Crippen molar-refractivity contribution in [3.8, 4) is 0 Å². The summed E-state index contributed by atoms with van der Waals surface area (Å²) < 4.78 is 0. The van der Waals surface area contributed by atoms with E-state index in [9.17, 15) is 72.2 Å². The fraction of sp³-hybridized carbons (Fsp3) is 0.821. The maximum Gasteiger partial charge on any atom is 0.327 e. The third-order valence-corrected chi connectivity index (χ3v) is 19.6. The van der Waals surface area contributed by atoms with E-state index >= 15 is 0 Å². The van der Waals surface area contributed by atoms with Crippen LogP contribution in [0.15, 0.2) is 0 Å². The lowest BCUT2D eigenvalue weighted by Gasteiger charge is -2.30. The van der Waals surface area contributed by atoms with Crippen molar-refractivity contribution in [2.75, 3.05) is 50.8 Å². The maximum absolute atomic E-state index is 14.8. The molecule has 0 rings (SSSR count). The standard InChI is InChI=1S/C78H150N20O15S2/c1-45(2)37-58(95-74(108)60(39-47(5)6)92-69(103)55(28-16-22-34-82)87-66(100)52(25-13-19-31-79)86-65(99)51(85)43-114)72(106)90-53(26-14-20-32-80)67(101)88-56(29-17-23-35-83)70(104)93-61(40-48(7)8)75(109)96-59(38-46(3)4)73(107)91-54(27-15-21-33-81)68(102)89-57(30-18-24-36-84)71(105)94-62(41-49(9)10)76(110)97-63(42-50(11)12)77(111)98-64(44-115)78(112)113/h45-64,114-115H,13-44,79-85H2,1-12H3,(H,86,99)(H,87,100)(H,88,101)(H,89,102)(H,90,106)(H,91,107)(H,92,103)(H,93,104)(H,94,105)(H,95,108)(H,96,109)(H,97,110)(H,98,111)(H,112,113)/t51-,52-,53-,54-,55-,56-,57-,58-,59-,60-,61-,62-,63-,64-/m0/s1. The number of carbonyl (C=O) groups is 14. The molecule has 0 radical (unpaired) electrons. The number of amides is 13. The van der Waals surface area contributed by atoms with Gasteiger partial charge in [-0.1, -0.05) is 83.1 Å². The number of aliphatic carboxylic acids is 1. The van der Waals surface area contributed by atoms with Crippen molar-refractivity contribution in [3.05, 3.63) is 0 Å². The SMILES string of the molecule is CC(C)C[C@H](NC(=O)[C@H](CC(C)C)NC(=O)[C@H](CCCCN)NC(=O)[C@H](CCCCN)NC(=O)[C@H](CC(C)C)NC(=O)[C@H](CC(C)C)NC(=O)[C@H](CCCCN)NC(=O)[C@H](CCCCN)NC(=O)[C@H](CC(C)C)NC(=O)[C@H](CC(C)C)NC(=O)[C@H](CCCCN)NC(=O)[C@H](CCCCN)NC(=O)[C@@H](N)CS)C(=O)N[C@@H](CS)C(=O)O. The predicted molar refractivity (Wildman–Crippen MR) is 453 cm³/mol. The van der Waals surface area contributed by atoms with Crippen LogP contribution in [0.5, 0.6) is 0 Å². The zero-order valence-electron chi connectivity index (χ0n) is 70.8. The molecule has 13 amide bonds. The second-order valence-electron chi connectivity index (χ2n) is 32.6. The number of carboxylic acids is 1. The summed E-state index contributed by atoms with van der Waals surface area (Å²) >= 11 is 8.16. The van der Waals surface area contributed by atoms with Crippen LogP contribution >= 0.6 is 25.3 Å². The second-order valence-corrected chi connectivity index (χ2v) is 33.3. The number of hydrogen-bond acceptors (Lipinski definition) is 23. The fourth-order valence-corrected chi connectivity index (χ4v) is 13.0. The largest absolute Gasteiger partial charge is 0.480 e. The number of nitrogens with two attached hydrogens (primary N) is 7. The fourth-order valence-electron chi connectivity index (χ4n) is 12.6. The van der Waals surface area contributed by atoms with Crippen LogP contribution < -0.4 is 109 Å². The Balaban J connectivity index is 7.37. The molecule has 0 aromatic carbocycles. The Bertz CT molecular complexity index is 2940. The molecule has 0 fully saturated rings. The number of rotatable bonds is 65. The summed E-state index contributed by atoms with van der Waals surface area (Å²) in [6.45, 7) is 23.5. The molecule has 0 aromatic heterocycles. The number of unbranched alkanes of at least 4 members (excludes halogenated alkanes) is 6. The number of hydrogen-bond donors (Lipinski definition) is 23. The van der Waals surface area contributed by atoms with Crippen molar-refractivity contribution >= 4 is 108 Å². The van der Waals surface area contributed by atoms with Gasteiger partial charge in [-0.2, -0.15) is 25.3 Å². The molecule has 28 N–H and O–H groups in total. The van der Waals surface area contributed by atoms with Gasteiger partial charge in [-0.25, -0.2) is 4.79 Å². The molecule has 0 heterocycles. The highest BCUT2D eigenvalue weighted by atomic mass is 32.1. The van der Waals surface area contributed by atoms with E-state index in [1.165, 1.54) is 0 Å². The molecular formula is C78H150N20O15S2. The topological polar surface area (TPSA) is 598 Å². The van der Waals surface area contributed by atoms with Gasteiger partial charge in [0.05, 0.1) is 6.04 Å². The molecule has 0 saturated heterocycles. The average molecular weight is 1670 g/mol. The van der Waals surface area contributed by atoms with Crippen LogP contribution in [0.1, 0.15) is 237 Å². The highest BCUT2D eigenvalue weighted by Gasteiger charge is 2.39. The molecule has 37 heteroatoms. The van der Waals surface area contributed by atoms with E-state index in [4.69, 9.17) is 40.1 Å². The molecular weight excluding hydrogens is 1520 g/mol. The van der Waals surface area contributed by atoms with E-state index in [0.717, 1.165) is 0 Å². The quantitative estimate of drug-likeness (QED) is 0.0272. The smallest absolute Gasteiger partial charge is 0.327 e. The van der Waals surface area contributed by atoms with Gasteiger partial charge < -0.3 is 114 Å². The molecule has 0 bridgehead atoms. The molecule has 0 aliphatic carbocycles. The minimum absolute atomic E-state index is 0.00937. The molecule has 0 aromatic rings. The average Bonchev–Trinajstić information content (AvgIpc) is 0.855. The van der Waals surface area contributed by atoms with Crippen molar-refractivity contribution in [2.24, 2.45) is 75.6 Å². The summed E-state index contributed by atoms with van der Waals surface area (Å²) in [4.78, 5) is 198. The highest BCUT2D eigenvalue weighted by Crippen LogP contribution is 2.18. The van der Waals surface area contributed by atoms with E-state index in [1.807, 2.05) is 83.1 Å². The van der Waals surface area contributed by atoms with Gasteiger partial charge in [-0.05, 0) is 229 Å². The lowest BCUT2D eigenvalue weighted by atomic mass is 9.98. The number of carbonyl (C=O) groups excluding carboxylic acids is 13. The Morgan fingerprint density at radius 1 is 0.226 bits per heavy atom. The second kappa shape index (κ2) is 61.3. The van der Waals surface area contributed by atoms with Crippen LogP contribution in [0.3, 0.4) is 0 Å². The van der Waals surface area contributed by atoms with Crippen LogP contribution in [0, 0.1) is 35.5 Å². The van der Waals surface area contributed by atoms with Crippen molar-refractivity contribution in [2.45, 2.75) is 322 Å². The van der Waals surface area contributed by atoms with Crippen molar-refractivity contribution in [1.82, 2.24) is 69.1 Å². The van der Waals surface area contributed by atoms with Gasteiger partial charge in [0, 0.05) is 11.5 Å². The molecule has 0 unspecified atom stereocenters. The Morgan fingerprint density at radius 2 is 0.365 bits per heavy atom. The van der Waals surface area contributed by atoms with E-state index in [1.54, 1.807) is 0 Å². The van der Waals surface area contributed by atoms with Crippen molar-refractivity contribution in [1.29, 1.82) is 0 Å². The third-order valence-electron chi connectivity index (χ3n) is 18.9. The van der Waals surface area contributed by atoms with E-state index in [-0.39, 0.29) is 150 Å². The zero-order valence-corrected chi connectivity index (χ0v) is 72.6. The maximum atomic E-state index is 14.8. The minimum Gasteiger partial charge on any atom is -0.480 e. The zero-order chi connectivity index (χ0) is 87.4. The Hall–Kier alpha value is -7.00. The first-order valence-corrected chi connectivity index (χ1v) is 42.9. The number of thiol groups is 2. The Morgan fingerprint density at radius 3 is 0.496 bits per heavy atom. The van der Waals surface area contributed by atoms with E-state index in [2.05, 4.69) is 94.4 Å². The predicted octanol–water partition coefficient (Wildman–Crippen LogP) is -0.389. The van der Waals surface area contributed by atoms with Gasteiger partial charge in [0.25, 0.3) is 0 Å². The number of nitrogens with one attached hydrogen (secondary N) is 13. The van der Waals surface area contributed by atoms with Gasteiger partial charge in [-0.3, -0.25) is 62.3 Å². The number of carboxylic acid groups (broad SMARTS) is 1. The van der Waals surface area contributed by atoms with E-state index in [0.29, 0.717) is 90.1 Å². The molecule has 0 aliphatic heterocycles. The van der Waals surface area contributed by atoms with Crippen LogP contribution in [-0.2, 0) is 67.1 Å². The normalized spacial score (nSPS) is 15.2. The van der Waals surface area contributed by atoms with Gasteiger partial charge in [0.2, 0.25) is 76.8 Å². The van der Waals surface area contributed by atoms with Crippen molar-refractivity contribution in [3.63, 3.8) is 0 Å². The summed E-state index contributed by atoms with van der Waals surface area (Å²) in [5.74, 6) is -12.2. The summed E-state index contributed by atoms with van der Waals surface area (Å²) in [5, 5.41) is 45.5. The molecule has 115 heavy (non-hydrogen) atoms. The lowest BCUT2D eigenvalue weighted by Crippen LogP contribution is -2.61. The lowest BCUT2D eigenvalue weighted by molar-refractivity contribution is -0.141. The Labute approximate surface area is 694 Å². The summed E-state index contributed by atoms with van der Waals surface area (Å²) in [6, 6.07) is -17.4. The first-order valence-electron chi connectivity index (χ1n) is 41.6. The van der Waals surface area contributed by atoms with Crippen LogP contribution in [-0.4, -0.2) is 223 Å². The molecule has 0 spiro atoms. The van der Waals surface area contributed by atoms with Crippen LogP contribution in [0.25, 0.3) is 0 Å². The molecule has 664 valence electrons. The minimum atomic E-state index is -1.34. The first kappa shape index (κ1) is 108. The molecule has 14 atom stereocenters. The summed E-state index contributed by atoms with van der Waals surface area (Å²) in [7, 11) is 0. The van der Waals surface area contributed by atoms with Crippen LogP contribution in [0.2, 0.25) is 0 Å². The molecule has 35 nitrogen and oxygen atoms in total. The van der Waals surface area contributed by atoms with E-state index < -0.39 is 167 Å². The monoisotopic (exact) mass is 1670 g/mol. The van der Waals surface area contributed by atoms with Gasteiger partial charge in [0.15, 0.2) is 0 Å². The van der Waals surface area contributed by atoms with Gasteiger partial charge in [0.1, 0.15) is 78.5 Å². The summed E-state index contributed by atoms with van der Waals surface area (Å²) in [6.07, 6.45) is 6.03. The molecule has 0 aliphatic rings. The highest BCUT2D eigenvalue weighted by molar-refractivity contribution is 7.80. The third kappa shape index (κ3) is 46.7. The first-order chi connectivity index (χ1) is 54.3. The molecule has 0 saturated carbocycles. The summed E-state index contributed by atoms with van der Waals surface area (Å²) in [5.41, 5.74) is 41.1. The van der Waals surface area contributed by atoms with Crippen LogP contribution in [0.4, 0.5) is 0 Å². The van der Waals surface area contributed by atoms with Gasteiger partial charge >= 0.3 is 5.97 Å². The van der Waals surface area contributed by atoms with Crippen molar-refractivity contribution < 1.29 is 72.2 Å².